The van der Waals surface area contributed by atoms with Crippen molar-refractivity contribution in [1.82, 2.24) is 0 Å². The molecule has 0 spiro atoms. The summed E-state index contributed by atoms with van der Waals surface area (Å²) in [5.74, 6) is -0.441. The lowest BCUT2D eigenvalue weighted by atomic mass is 9.95. The van der Waals surface area contributed by atoms with Crippen LogP contribution in [0.25, 0.3) is 32.9 Å². The Morgan fingerprint density at radius 2 is 1.39 bits per heavy atom. The van der Waals surface area contributed by atoms with E-state index in [2.05, 4.69) is 63.6 Å². The van der Waals surface area contributed by atoms with Gasteiger partial charge in [-0.15, -0.1) is 0 Å². The number of rotatable bonds is 10. The Bertz CT molecular complexity index is 1380. The Hall–Kier alpha value is -3.00. The zero-order chi connectivity index (χ0) is 25.5. The second-order valence-electron chi connectivity index (χ2n) is 8.60. The Balaban J connectivity index is 1.99. The molecular weight excluding hydrogens is 565 g/mol. The van der Waals surface area contributed by atoms with E-state index in [9.17, 15) is 9.59 Å². The maximum absolute atomic E-state index is 12.2. The van der Waals surface area contributed by atoms with E-state index in [1.54, 1.807) is 0 Å². The van der Waals surface area contributed by atoms with Crippen molar-refractivity contribution in [2.24, 2.45) is 0 Å². The van der Waals surface area contributed by atoms with E-state index in [4.69, 9.17) is 9.47 Å². The highest BCUT2D eigenvalue weighted by Gasteiger charge is 2.24. The number of benzene rings is 3. The molecular formula is C30H31INO4+. The average molecular weight is 596 g/mol. The van der Waals surface area contributed by atoms with Gasteiger partial charge >= 0.3 is 11.9 Å². The van der Waals surface area contributed by atoms with Crippen molar-refractivity contribution in [3.63, 3.8) is 0 Å². The van der Waals surface area contributed by atoms with Crippen LogP contribution in [-0.2, 0) is 38.4 Å². The molecule has 0 radical (unpaired) electrons. The number of aryl methyl sites for hydroxylation is 1. The Labute approximate surface area is 225 Å². The van der Waals surface area contributed by atoms with Crippen LogP contribution in [0.4, 0.5) is 0 Å². The van der Waals surface area contributed by atoms with Crippen LogP contribution in [0.2, 0.25) is 0 Å². The first kappa shape index (κ1) is 26.1. The molecule has 0 amide bonds. The molecule has 1 heterocycles. The smallest absolute Gasteiger partial charge is 0.310 e. The van der Waals surface area contributed by atoms with Gasteiger partial charge in [-0.25, -0.2) is 0 Å². The molecule has 4 rings (SSSR count). The van der Waals surface area contributed by atoms with Crippen molar-refractivity contribution < 1.29 is 23.6 Å². The van der Waals surface area contributed by atoms with E-state index in [1.165, 1.54) is 0 Å². The standard InChI is InChI=1S/C30H31INO4/c1-3-35-28(33)19-21-11-13-24-25-14-12-22(20-29(34)36-4-2)18-27(25)32(16-8-15-31)30(26(24)17-21)23-9-6-5-7-10-23/h5-7,9-14,17-18H,3-4,8,15-16,19-20H2,1-2H3/q+1. The maximum atomic E-state index is 12.2. The third-order valence-electron chi connectivity index (χ3n) is 6.12. The Morgan fingerprint density at radius 3 is 2.00 bits per heavy atom. The van der Waals surface area contributed by atoms with Crippen molar-refractivity contribution >= 4 is 56.2 Å². The Kier molecular flexibility index (Phi) is 8.91. The summed E-state index contributed by atoms with van der Waals surface area (Å²) in [4.78, 5) is 24.4. The van der Waals surface area contributed by atoms with Crippen molar-refractivity contribution in [3.05, 3.63) is 77.9 Å². The van der Waals surface area contributed by atoms with Crippen LogP contribution in [0.5, 0.6) is 0 Å². The fourth-order valence-electron chi connectivity index (χ4n) is 4.65. The number of pyridine rings is 1. The first-order valence-corrected chi connectivity index (χ1v) is 13.9. The molecule has 0 fully saturated rings. The number of hydrogen-bond acceptors (Lipinski definition) is 4. The van der Waals surface area contributed by atoms with E-state index in [1.807, 2.05) is 44.2 Å². The predicted molar refractivity (Wildman–Crippen MR) is 151 cm³/mol. The number of ether oxygens (including phenoxy) is 2. The quantitative estimate of drug-likeness (QED) is 0.0743. The zero-order valence-electron chi connectivity index (χ0n) is 20.8. The van der Waals surface area contributed by atoms with Gasteiger partial charge in [-0.1, -0.05) is 59.0 Å². The number of nitrogens with zero attached hydrogens (tertiary/aromatic N) is 1. The minimum absolute atomic E-state index is 0.219. The highest BCUT2D eigenvalue weighted by Crippen LogP contribution is 2.33. The van der Waals surface area contributed by atoms with E-state index < -0.39 is 0 Å². The third-order valence-corrected chi connectivity index (χ3v) is 6.89. The van der Waals surface area contributed by atoms with E-state index in [0.29, 0.717) is 13.2 Å². The first-order valence-electron chi connectivity index (χ1n) is 12.4. The van der Waals surface area contributed by atoms with Gasteiger partial charge in [0, 0.05) is 27.9 Å². The number of alkyl halides is 1. The fourth-order valence-corrected chi connectivity index (χ4v) is 4.99. The molecule has 0 unspecified atom stereocenters. The van der Waals surface area contributed by atoms with Gasteiger partial charge in [-0.05, 0) is 49.2 Å². The van der Waals surface area contributed by atoms with Crippen LogP contribution in [0.15, 0.2) is 66.7 Å². The summed E-state index contributed by atoms with van der Waals surface area (Å²) in [5.41, 5.74) is 5.17. The molecule has 36 heavy (non-hydrogen) atoms. The highest BCUT2D eigenvalue weighted by atomic mass is 127. The van der Waals surface area contributed by atoms with Crippen molar-refractivity contribution in [1.29, 1.82) is 0 Å². The van der Waals surface area contributed by atoms with Crippen molar-refractivity contribution in [2.45, 2.75) is 39.7 Å². The Morgan fingerprint density at radius 1 is 0.778 bits per heavy atom. The molecule has 0 saturated carbocycles. The summed E-state index contributed by atoms with van der Waals surface area (Å²) in [6.45, 7) is 5.23. The predicted octanol–water partition coefficient (Wildman–Crippen LogP) is 5.98. The van der Waals surface area contributed by atoms with Crippen LogP contribution in [0.1, 0.15) is 31.4 Å². The van der Waals surface area contributed by atoms with E-state index >= 15 is 0 Å². The van der Waals surface area contributed by atoms with Crippen LogP contribution < -0.4 is 4.57 Å². The number of aromatic nitrogens is 1. The number of halogens is 1. The molecule has 186 valence electrons. The summed E-state index contributed by atoms with van der Waals surface area (Å²) in [7, 11) is 0. The summed E-state index contributed by atoms with van der Waals surface area (Å²) >= 11 is 2.41. The maximum Gasteiger partial charge on any atom is 0.310 e. The van der Waals surface area contributed by atoms with Crippen LogP contribution in [-0.4, -0.2) is 29.6 Å². The second kappa shape index (κ2) is 12.3. The molecule has 5 nitrogen and oxygen atoms in total. The van der Waals surface area contributed by atoms with Gasteiger partial charge in [0.25, 0.3) is 0 Å². The topological polar surface area (TPSA) is 56.5 Å². The number of hydrogen-bond donors (Lipinski definition) is 0. The minimum atomic E-state index is -0.222. The number of carbonyl (C=O) groups is 2. The molecule has 4 aromatic rings. The van der Waals surface area contributed by atoms with Crippen molar-refractivity contribution in [2.75, 3.05) is 17.6 Å². The molecule has 6 heteroatoms. The molecule has 0 aliphatic carbocycles. The summed E-state index contributed by atoms with van der Waals surface area (Å²) in [5, 5.41) is 3.33. The number of carbonyl (C=O) groups excluding carboxylic acids is 2. The van der Waals surface area contributed by atoms with Gasteiger partial charge in [0.15, 0.2) is 0 Å². The summed E-state index contributed by atoms with van der Waals surface area (Å²) < 4.78 is 13.8. The molecule has 0 aliphatic rings. The summed E-state index contributed by atoms with van der Waals surface area (Å²) in [6.07, 6.45) is 1.49. The minimum Gasteiger partial charge on any atom is -0.466 e. The van der Waals surface area contributed by atoms with Crippen molar-refractivity contribution in [3.8, 4) is 11.3 Å². The van der Waals surface area contributed by atoms with Crippen LogP contribution >= 0.6 is 22.6 Å². The van der Waals surface area contributed by atoms with Gasteiger partial charge in [0.1, 0.15) is 6.54 Å². The lowest BCUT2D eigenvalue weighted by molar-refractivity contribution is -0.659. The number of fused-ring (bicyclic) bond motifs is 3. The molecule has 0 bridgehead atoms. The van der Waals surface area contributed by atoms with E-state index in [-0.39, 0.29) is 24.8 Å². The second-order valence-corrected chi connectivity index (χ2v) is 9.68. The lowest BCUT2D eigenvalue weighted by Crippen LogP contribution is -2.38. The molecule has 1 aromatic heterocycles. The first-order chi connectivity index (χ1) is 17.5. The van der Waals surface area contributed by atoms with Gasteiger partial charge in [-0.2, -0.15) is 4.57 Å². The van der Waals surface area contributed by atoms with Gasteiger partial charge in [-0.3, -0.25) is 9.59 Å². The van der Waals surface area contributed by atoms with Crippen LogP contribution in [0.3, 0.4) is 0 Å². The third kappa shape index (κ3) is 5.86. The largest absolute Gasteiger partial charge is 0.466 e. The SMILES string of the molecule is CCOC(=O)Cc1ccc2c(c1)c(-c1ccccc1)[n+](CCCI)c1cc(CC(=O)OCC)ccc21. The number of esters is 2. The molecule has 0 saturated heterocycles. The zero-order valence-corrected chi connectivity index (χ0v) is 22.9. The normalized spacial score (nSPS) is 11.1. The molecule has 0 aliphatic heterocycles. The fraction of sp³-hybridized carbons (Fsp3) is 0.300. The van der Waals surface area contributed by atoms with E-state index in [0.717, 1.165) is 61.5 Å². The van der Waals surface area contributed by atoms with Gasteiger partial charge in [0.05, 0.1) is 36.8 Å². The molecule has 0 N–H and O–H groups in total. The van der Waals surface area contributed by atoms with Crippen LogP contribution in [0, 0.1) is 0 Å². The lowest BCUT2D eigenvalue weighted by Gasteiger charge is -2.14. The van der Waals surface area contributed by atoms with Gasteiger partial charge < -0.3 is 9.47 Å². The monoisotopic (exact) mass is 596 g/mol. The average Bonchev–Trinajstić information content (AvgIpc) is 2.87. The highest BCUT2D eigenvalue weighted by molar-refractivity contribution is 14.1. The molecule has 3 aromatic carbocycles. The van der Waals surface area contributed by atoms with Gasteiger partial charge in [0.2, 0.25) is 11.2 Å². The molecule has 0 atom stereocenters. The summed E-state index contributed by atoms with van der Waals surface area (Å²) in [6, 6.07) is 22.8.